The molecular weight excluding hydrogens is 335 g/mol. The summed E-state index contributed by atoms with van der Waals surface area (Å²) >= 11 is 1.72. The van der Waals surface area contributed by atoms with Gasteiger partial charge in [0.05, 0.1) is 12.1 Å². The Bertz CT molecular complexity index is 712. The van der Waals surface area contributed by atoms with Gasteiger partial charge in [-0.1, -0.05) is 24.6 Å². The molecule has 132 valence electrons. The van der Waals surface area contributed by atoms with E-state index in [0.717, 1.165) is 37.8 Å². The van der Waals surface area contributed by atoms with Crippen LogP contribution in [0.25, 0.3) is 0 Å². The zero-order valence-electron chi connectivity index (χ0n) is 14.2. The van der Waals surface area contributed by atoms with E-state index in [2.05, 4.69) is 16.8 Å². The molecule has 1 saturated carbocycles. The molecule has 1 saturated heterocycles. The quantitative estimate of drug-likeness (QED) is 0.793. The summed E-state index contributed by atoms with van der Waals surface area (Å²) in [4.78, 5) is 16.2. The Morgan fingerprint density at radius 2 is 1.96 bits per heavy atom. The molecule has 1 N–H and O–H groups in total. The highest BCUT2D eigenvalue weighted by Crippen LogP contribution is 2.39. The van der Waals surface area contributed by atoms with E-state index in [0.29, 0.717) is 5.92 Å². The van der Waals surface area contributed by atoms with Crippen LogP contribution in [-0.4, -0.2) is 17.5 Å². The topological polar surface area (TPSA) is 32.3 Å². The molecule has 1 aliphatic carbocycles. The van der Waals surface area contributed by atoms with Crippen LogP contribution in [0.3, 0.4) is 0 Å². The van der Waals surface area contributed by atoms with Gasteiger partial charge in [0.2, 0.25) is 0 Å². The average molecular weight is 358 g/mol. The normalized spacial score (nSPS) is 21.8. The summed E-state index contributed by atoms with van der Waals surface area (Å²) in [6.07, 6.45) is 5.52. The van der Waals surface area contributed by atoms with Crippen molar-refractivity contribution in [1.29, 1.82) is 0 Å². The van der Waals surface area contributed by atoms with Gasteiger partial charge in [-0.3, -0.25) is 0 Å². The molecular formula is C20H23FN2OS. The van der Waals surface area contributed by atoms with Crippen LogP contribution in [0.4, 0.5) is 9.18 Å². The van der Waals surface area contributed by atoms with Gasteiger partial charge in [0.25, 0.3) is 0 Å². The molecule has 2 fully saturated rings. The first-order valence-electron chi connectivity index (χ1n) is 9.08. The van der Waals surface area contributed by atoms with E-state index < -0.39 is 0 Å². The fourth-order valence-corrected chi connectivity index (χ4v) is 4.79. The van der Waals surface area contributed by atoms with E-state index in [1.54, 1.807) is 23.5 Å². The van der Waals surface area contributed by atoms with Crippen LogP contribution in [0.5, 0.6) is 0 Å². The molecule has 5 heteroatoms. The van der Waals surface area contributed by atoms with Crippen molar-refractivity contribution in [2.24, 2.45) is 5.92 Å². The second kappa shape index (κ2) is 7.16. The third kappa shape index (κ3) is 3.43. The van der Waals surface area contributed by atoms with Crippen molar-refractivity contribution >= 4 is 17.4 Å². The monoisotopic (exact) mass is 358 g/mol. The molecule has 3 nitrogen and oxygen atoms in total. The van der Waals surface area contributed by atoms with Crippen LogP contribution in [0.1, 0.15) is 54.6 Å². The Balaban J connectivity index is 1.51. The number of hydrogen-bond donors (Lipinski definition) is 1. The molecule has 2 heterocycles. The number of nitrogens with one attached hydrogen (secondary N) is 1. The smallest absolute Gasteiger partial charge is 0.318 e. The third-order valence-electron chi connectivity index (χ3n) is 5.51. The predicted octanol–water partition coefficient (Wildman–Crippen LogP) is 5.28. The van der Waals surface area contributed by atoms with Crippen LogP contribution in [0, 0.1) is 11.7 Å². The Morgan fingerprint density at radius 1 is 1.16 bits per heavy atom. The number of benzene rings is 1. The average Bonchev–Trinajstić information content (AvgIpc) is 3.24. The van der Waals surface area contributed by atoms with E-state index in [-0.39, 0.29) is 23.9 Å². The minimum absolute atomic E-state index is 0.0112. The van der Waals surface area contributed by atoms with E-state index in [9.17, 15) is 9.18 Å². The number of nitrogens with zero attached hydrogens (tertiary/aromatic N) is 1. The van der Waals surface area contributed by atoms with Gasteiger partial charge in [0, 0.05) is 11.4 Å². The lowest BCUT2D eigenvalue weighted by atomic mass is 9.77. The number of likely N-dealkylation sites (tertiary alicyclic amines) is 1. The van der Waals surface area contributed by atoms with Crippen LogP contribution in [0.15, 0.2) is 41.8 Å². The molecule has 1 aromatic carbocycles. The largest absolute Gasteiger partial charge is 0.331 e. The molecule has 2 unspecified atom stereocenters. The van der Waals surface area contributed by atoms with Crippen LogP contribution < -0.4 is 5.32 Å². The van der Waals surface area contributed by atoms with Gasteiger partial charge in [0.1, 0.15) is 5.82 Å². The van der Waals surface area contributed by atoms with Crippen molar-refractivity contribution in [2.45, 2.75) is 44.2 Å². The number of carbonyl (C=O) groups excluding carboxylic acids is 1. The maximum absolute atomic E-state index is 13.3. The Labute approximate surface area is 151 Å². The number of hydrogen-bond acceptors (Lipinski definition) is 2. The summed E-state index contributed by atoms with van der Waals surface area (Å²) in [6.45, 7) is 0.801. The second-order valence-corrected chi connectivity index (χ2v) is 8.02. The Hall–Kier alpha value is -1.88. The molecule has 0 spiro atoms. The highest BCUT2D eigenvalue weighted by Gasteiger charge is 2.35. The fourth-order valence-electron chi connectivity index (χ4n) is 3.92. The Kier molecular flexibility index (Phi) is 4.75. The molecule has 0 radical (unpaired) electrons. The van der Waals surface area contributed by atoms with Crippen LogP contribution >= 0.6 is 11.3 Å². The van der Waals surface area contributed by atoms with Gasteiger partial charge < -0.3 is 10.2 Å². The lowest BCUT2D eigenvalue weighted by Gasteiger charge is -2.36. The minimum Gasteiger partial charge on any atom is -0.331 e. The predicted molar refractivity (Wildman–Crippen MR) is 98.0 cm³/mol. The molecule has 2 aromatic rings. The van der Waals surface area contributed by atoms with E-state index in [1.165, 1.54) is 23.4 Å². The van der Waals surface area contributed by atoms with Gasteiger partial charge in [-0.2, -0.15) is 0 Å². The zero-order valence-corrected chi connectivity index (χ0v) is 15.0. The zero-order chi connectivity index (χ0) is 17.2. The number of urea groups is 1. The number of halogens is 1. The first-order valence-corrected chi connectivity index (χ1v) is 9.96. The Morgan fingerprint density at radius 3 is 2.60 bits per heavy atom. The highest BCUT2D eigenvalue weighted by molar-refractivity contribution is 7.10. The molecule has 2 aliphatic rings. The summed E-state index contributed by atoms with van der Waals surface area (Å²) in [6, 6.07) is 10.9. The molecule has 4 rings (SSSR count). The molecule has 1 aliphatic heterocycles. The fraction of sp³-hybridized carbons (Fsp3) is 0.450. The van der Waals surface area contributed by atoms with Gasteiger partial charge in [-0.15, -0.1) is 11.3 Å². The van der Waals surface area contributed by atoms with Crippen molar-refractivity contribution in [2.75, 3.05) is 6.54 Å². The van der Waals surface area contributed by atoms with Crippen LogP contribution in [0.2, 0.25) is 0 Å². The minimum atomic E-state index is -0.236. The first kappa shape index (κ1) is 16.6. The maximum atomic E-state index is 13.3. The maximum Gasteiger partial charge on any atom is 0.318 e. The number of amides is 2. The summed E-state index contributed by atoms with van der Waals surface area (Å²) < 4.78 is 13.3. The molecule has 0 bridgehead atoms. The van der Waals surface area contributed by atoms with Crippen molar-refractivity contribution in [3.8, 4) is 0 Å². The van der Waals surface area contributed by atoms with E-state index in [1.807, 2.05) is 11.0 Å². The summed E-state index contributed by atoms with van der Waals surface area (Å²) in [7, 11) is 0. The van der Waals surface area contributed by atoms with Crippen molar-refractivity contribution in [3.63, 3.8) is 0 Å². The molecule has 2 atom stereocenters. The van der Waals surface area contributed by atoms with Gasteiger partial charge >= 0.3 is 6.03 Å². The molecule has 25 heavy (non-hydrogen) atoms. The second-order valence-electron chi connectivity index (χ2n) is 7.04. The number of rotatable bonds is 4. The van der Waals surface area contributed by atoms with Gasteiger partial charge in [-0.25, -0.2) is 9.18 Å². The van der Waals surface area contributed by atoms with Crippen molar-refractivity contribution < 1.29 is 9.18 Å². The van der Waals surface area contributed by atoms with Crippen LogP contribution in [-0.2, 0) is 0 Å². The summed E-state index contributed by atoms with van der Waals surface area (Å²) in [5.41, 5.74) is 1.01. The van der Waals surface area contributed by atoms with Crippen molar-refractivity contribution in [1.82, 2.24) is 10.2 Å². The SMILES string of the molecule is O=C(NC(c1ccc(F)cc1)C1CCC1)N1CCCC1c1cccs1. The summed E-state index contributed by atoms with van der Waals surface area (Å²) in [5.74, 6) is 0.219. The standard InChI is InChI=1S/C20H23FN2OS/c21-16-10-8-15(9-11-16)19(14-4-1-5-14)22-20(24)23-12-2-6-17(23)18-7-3-13-25-18/h3,7-11,13-14,17,19H,1-2,4-6,12H2,(H,22,24). The summed E-state index contributed by atoms with van der Waals surface area (Å²) in [5, 5.41) is 5.33. The lowest BCUT2D eigenvalue weighted by molar-refractivity contribution is 0.172. The lowest BCUT2D eigenvalue weighted by Crippen LogP contribution is -2.44. The number of thiophene rings is 1. The first-order chi connectivity index (χ1) is 12.2. The van der Waals surface area contributed by atoms with Gasteiger partial charge in [0.15, 0.2) is 0 Å². The molecule has 2 amide bonds. The van der Waals surface area contributed by atoms with Gasteiger partial charge in [-0.05, 0) is 60.7 Å². The van der Waals surface area contributed by atoms with E-state index in [4.69, 9.17) is 0 Å². The third-order valence-corrected chi connectivity index (χ3v) is 6.49. The molecule has 1 aromatic heterocycles. The van der Waals surface area contributed by atoms with E-state index >= 15 is 0 Å². The number of carbonyl (C=O) groups is 1. The van der Waals surface area contributed by atoms with Crippen molar-refractivity contribution in [3.05, 3.63) is 58.0 Å². The highest BCUT2D eigenvalue weighted by atomic mass is 32.1.